The third kappa shape index (κ3) is 4.35. The SMILES string of the molecule is CCOc1ccc(CNC(=O)c2ccc(C(C)C)cc2)cc1. The summed E-state index contributed by atoms with van der Waals surface area (Å²) in [6.07, 6.45) is 0. The van der Waals surface area contributed by atoms with E-state index in [1.165, 1.54) is 5.56 Å². The molecule has 0 saturated heterocycles. The third-order valence-electron chi connectivity index (χ3n) is 3.53. The van der Waals surface area contributed by atoms with Crippen LogP contribution in [-0.2, 0) is 6.54 Å². The summed E-state index contributed by atoms with van der Waals surface area (Å²) in [4.78, 5) is 12.1. The molecule has 3 nitrogen and oxygen atoms in total. The van der Waals surface area contributed by atoms with Gasteiger partial charge in [-0.25, -0.2) is 0 Å². The van der Waals surface area contributed by atoms with Crippen molar-refractivity contribution in [2.45, 2.75) is 33.2 Å². The molecule has 0 aromatic heterocycles. The number of amides is 1. The second kappa shape index (κ2) is 7.64. The summed E-state index contributed by atoms with van der Waals surface area (Å²) >= 11 is 0. The Morgan fingerprint density at radius 1 is 1.05 bits per heavy atom. The maximum absolute atomic E-state index is 12.1. The van der Waals surface area contributed by atoms with Gasteiger partial charge in [0.2, 0.25) is 0 Å². The van der Waals surface area contributed by atoms with Gasteiger partial charge < -0.3 is 10.1 Å². The number of hydrogen-bond donors (Lipinski definition) is 1. The Hall–Kier alpha value is -2.29. The van der Waals surface area contributed by atoms with Crippen molar-refractivity contribution in [2.75, 3.05) is 6.61 Å². The second-order valence-corrected chi connectivity index (χ2v) is 5.54. The summed E-state index contributed by atoms with van der Waals surface area (Å²) in [5, 5.41) is 2.94. The Kier molecular flexibility index (Phi) is 5.59. The molecule has 0 aliphatic carbocycles. The summed E-state index contributed by atoms with van der Waals surface area (Å²) in [5.41, 5.74) is 2.98. The zero-order chi connectivity index (χ0) is 15.9. The van der Waals surface area contributed by atoms with Gasteiger partial charge in [0.05, 0.1) is 6.61 Å². The lowest BCUT2D eigenvalue weighted by Crippen LogP contribution is -2.22. The molecule has 0 heterocycles. The first kappa shape index (κ1) is 16.1. The molecule has 22 heavy (non-hydrogen) atoms. The van der Waals surface area contributed by atoms with Gasteiger partial charge in [0.1, 0.15) is 5.75 Å². The largest absolute Gasteiger partial charge is 0.494 e. The van der Waals surface area contributed by atoms with Crippen LogP contribution in [0.1, 0.15) is 48.2 Å². The number of nitrogens with one attached hydrogen (secondary N) is 1. The van der Waals surface area contributed by atoms with Crippen molar-refractivity contribution in [2.24, 2.45) is 0 Å². The van der Waals surface area contributed by atoms with E-state index >= 15 is 0 Å². The molecule has 2 aromatic carbocycles. The summed E-state index contributed by atoms with van der Waals surface area (Å²) in [6, 6.07) is 15.5. The van der Waals surface area contributed by atoms with Crippen molar-refractivity contribution < 1.29 is 9.53 Å². The molecule has 2 rings (SSSR count). The standard InChI is InChI=1S/C19H23NO2/c1-4-22-18-11-5-15(6-12-18)13-20-19(21)17-9-7-16(8-10-17)14(2)3/h5-12,14H,4,13H2,1-3H3,(H,20,21). The van der Waals surface area contributed by atoms with E-state index in [0.29, 0.717) is 24.6 Å². The minimum absolute atomic E-state index is 0.0517. The average Bonchev–Trinajstić information content (AvgIpc) is 2.54. The molecule has 0 unspecified atom stereocenters. The Bertz CT molecular complexity index is 600. The van der Waals surface area contributed by atoms with E-state index in [1.807, 2.05) is 55.5 Å². The molecule has 116 valence electrons. The van der Waals surface area contributed by atoms with Gasteiger partial charge in [0.15, 0.2) is 0 Å². The number of carbonyl (C=O) groups is 1. The van der Waals surface area contributed by atoms with Crippen molar-refractivity contribution >= 4 is 5.91 Å². The molecule has 0 radical (unpaired) electrons. The van der Waals surface area contributed by atoms with Crippen LogP contribution >= 0.6 is 0 Å². The zero-order valence-corrected chi connectivity index (χ0v) is 13.4. The van der Waals surface area contributed by atoms with Gasteiger partial charge in [0, 0.05) is 12.1 Å². The van der Waals surface area contributed by atoms with Crippen molar-refractivity contribution in [1.82, 2.24) is 5.32 Å². The predicted molar refractivity (Wildman–Crippen MR) is 89.3 cm³/mol. The topological polar surface area (TPSA) is 38.3 Å². The fourth-order valence-corrected chi connectivity index (χ4v) is 2.17. The number of carbonyl (C=O) groups excluding carboxylic acids is 1. The van der Waals surface area contributed by atoms with E-state index in [-0.39, 0.29) is 5.91 Å². The van der Waals surface area contributed by atoms with E-state index in [0.717, 1.165) is 11.3 Å². The predicted octanol–water partition coefficient (Wildman–Crippen LogP) is 4.14. The fourth-order valence-electron chi connectivity index (χ4n) is 2.17. The smallest absolute Gasteiger partial charge is 0.251 e. The molecule has 0 aliphatic rings. The van der Waals surface area contributed by atoms with Gasteiger partial charge in [-0.1, -0.05) is 38.1 Å². The lowest BCUT2D eigenvalue weighted by atomic mass is 10.0. The monoisotopic (exact) mass is 297 g/mol. The van der Waals surface area contributed by atoms with Gasteiger partial charge in [0.25, 0.3) is 5.91 Å². The molecular formula is C19H23NO2. The highest BCUT2D eigenvalue weighted by molar-refractivity contribution is 5.94. The maximum Gasteiger partial charge on any atom is 0.251 e. The quantitative estimate of drug-likeness (QED) is 0.870. The van der Waals surface area contributed by atoms with Gasteiger partial charge in [-0.3, -0.25) is 4.79 Å². The van der Waals surface area contributed by atoms with Crippen LogP contribution in [0.2, 0.25) is 0 Å². The van der Waals surface area contributed by atoms with Crippen LogP contribution in [0, 0.1) is 0 Å². The lowest BCUT2D eigenvalue weighted by Gasteiger charge is -2.09. The lowest BCUT2D eigenvalue weighted by molar-refractivity contribution is 0.0951. The van der Waals surface area contributed by atoms with E-state index in [4.69, 9.17) is 4.74 Å². The van der Waals surface area contributed by atoms with E-state index in [2.05, 4.69) is 19.2 Å². The first-order chi connectivity index (χ1) is 10.6. The van der Waals surface area contributed by atoms with Crippen molar-refractivity contribution in [3.05, 3.63) is 65.2 Å². The van der Waals surface area contributed by atoms with Crippen molar-refractivity contribution in [1.29, 1.82) is 0 Å². The molecule has 0 saturated carbocycles. The van der Waals surface area contributed by atoms with E-state index < -0.39 is 0 Å². The summed E-state index contributed by atoms with van der Waals surface area (Å²) < 4.78 is 5.40. The summed E-state index contributed by atoms with van der Waals surface area (Å²) in [6.45, 7) is 7.40. The molecular weight excluding hydrogens is 274 g/mol. The van der Waals surface area contributed by atoms with Gasteiger partial charge in [-0.15, -0.1) is 0 Å². The fraction of sp³-hybridized carbons (Fsp3) is 0.316. The normalized spacial score (nSPS) is 10.5. The van der Waals surface area contributed by atoms with Crippen LogP contribution in [0.25, 0.3) is 0 Å². The van der Waals surface area contributed by atoms with Crippen LogP contribution in [0.15, 0.2) is 48.5 Å². The number of ether oxygens (including phenoxy) is 1. The minimum atomic E-state index is -0.0517. The highest BCUT2D eigenvalue weighted by Gasteiger charge is 2.06. The van der Waals surface area contributed by atoms with Crippen molar-refractivity contribution in [3.8, 4) is 5.75 Å². The molecule has 1 amide bonds. The van der Waals surface area contributed by atoms with E-state index in [9.17, 15) is 4.79 Å². The van der Waals surface area contributed by atoms with Gasteiger partial charge in [-0.2, -0.15) is 0 Å². The third-order valence-corrected chi connectivity index (χ3v) is 3.53. The summed E-state index contributed by atoms with van der Waals surface area (Å²) in [5.74, 6) is 1.27. The van der Waals surface area contributed by atoms with Crippen LogP contribution < -0.4 is 10.1 Å². The Labute approximate surface area is 132 Å². The van der Waals surface area contributed by atoms with Crippen molar-refractivity contribution in [3.63, 3.8) is 0 Å². The molecule has 0 bridgehead atoms. The van der Waals surface area contributed by atoms with E-state index in [1.54, 1.807) is 0 Å². The first-order valence-electron chi connectivity index (χ1n) is 7.70. The number of hydrogen-bond acceptors (Lipinski definition) is 2. The zero-order valence-electron chi connectivity index (χ0n) is 13.4. The Balaban J connectivity index is 1.91. The minimum Gasteiger partial charge on any atom is -0.494 e. The summed E-state index contributed by atoms with van der Waals surface area (Å²) in [7, 11) is 0. The second-order valence-electron chi connectivity index (χ2n) is 5.54. The molecule has 0 atom stereocenters. The van der Waals surface area contributed by atoms with Crippen LogP contribution in [0.4, 0.5) is 0 Å². The molecule has 3 heteroatoms. The number of benzene rings is 2. The highest BCUT2D eigenvalue weighted by atomic mass is 16.5. The molecule has 1 N–H and O–H groups in total. The Morgan fingerprint density at radius 3 is 2.23 bits per heavy atom. The van der Waals surface area contributed by atoms with Gasteiger partial charge >= 0.3 is 0 Å². The van der Waals surface area contributed by atoms with Crippen LogP contribution in [-0.4, -0.2) is 12.5 Å². The van der Waals surface area contributed by atoms with Crippen LogP contribution in [0.5, 0.6) is 5.75 Å². The molecule has 0 aliphatic heterocycles. The first-order valence-corrected chi connectivity index (χ1v) is 7.70. The number of rotatable bonds is 6. The molecule has 0 spiro atoms. The molecule has 0 fully saturated rings. The average molecular weight is 297 g/mol. The highest BCUT2D eigenvalue weighted by Crippen LogP contribution is 2.15. The molecule has 2 aromatic rings. The Morgan fingerprint density at radius 2 is 1.68 bits per heavy atom. The maximum atomic E-state index is 12.1. The van der Waals surface area contributed by atoms with Crippen LogP contribution in [0.3, 0.4) is 0 Å². The van der Waals surface area contributed by atoms with Gasteiger partial charge in [-0.05, 0) is 48.2 Å².